The van der Waals surface area contributed by atoms with Crippen LogP contribution in [0.1, 0.15) is 27.7 Å². The van der Waals surface area contributed by atoms with E-state index in [9.17, 15) is 4.79 Å². The Labute approximate surface area is 92.2 Å². The van der Waals surface area contributed by atoms with Gasteiger partial charge in [0.05, 0.1) is 6.54 Å². The predicted octanol–water partition coefficient (Wildman–Crippen LogP) is 0.180. The van der Waals surface area contributed by atoms with Crippen LogP contribution in [0, 0.1) is 5.92 Å². The number of hydrogen-bond acceptors (Lipinski definition) is 3. The Morgan fingerprint density at radius 2 is 2.20 bits per heavy atom. The molecule has 1 atom stereocenters. The van der Waals surface area contributed by atoms with Crippen LogP contribution in [-0.4, -0.2) is 42.0 Å². The first kappa shape index (κ1) is 12.5. The highest BCUT2D eigenvalue weighted by Gasteiger charge is 2.28. The summed E-state index contributed by atoms with van der Waals surface area (Å²) < 4.78 is 0. The molecular formula is C11H23N3O. The van der Waals surface area contributed by atoms with Gasteiger partial charge in [-0.05, 0) is 19.8 Å². The van der Waals surface area contributed by atoms with E-state index in [2.05, 4.69) is 24.1 Å². The van der Waals surface area contributed by atoms with E-state index in [-0.39, 0.29) is 17.5 Å². The fourth-order valence-electron chi connectivity index (χ4n) is 1.92. The van der Waals surface area contributed by atoms with Crippen molar-refractivity contribution >= 4 is 5.91 Å². The number of nitrogens with one attached hydrogen (secondary N) is 1. The lowest BCUT2D eigenvalue weighted by atomic mass is 9.99. The molecule has 4 nitrogen and oxygen atoms in total. The quantitative estimate of drug-likeness (QED) is 0.703. The molecule has 1 saturated heterocycles. The zero-order valence-corrected chi connectivity index (χ0v) is 10.2. The smallest absolute Gasteiger partial charge is 0.234 e. The molecule has 0 aromatic rings. The highest BCUT2D eigenvalue weighted by atomic mass is 16.2. The highest BCUT2D eigenvalue weighted by molar-refractivity contribution is 5.79. The van der Waals surface area contributed by atoms with Gasteiger partial charge < -0.3 is 11.1 Å². The molecule has 0 saturated carbocycles. The molecule has 15 heavy (non-hydrogen) atoms. The van der Waals surface area contributed by atoms with E-state index in [0.29, 0.717) is 12.5 Å². The number of carbonyl (C=O) groups excluding carboxylic acids is 1. The van der Waals surface area contributed by atoms with Crippen molar-refractivity contribution < 1.29 is 4.79 Å². The van der Waals surface area contributed by atoms with Crippen molar-refractivity contribution in [3.63, 3.8) is 0 Å². The van der Waals surface area contributed by atoms with Gasteiger partial charge in [-0.2, -0.15) is 0 Å². The van der Waals surface area contributed by atoms with Crippen LogP contribution in [-0.2, 0) is 4.79 Å². The Kier molecular flexibility index (Phi) is 3.73. The summed E-state index contributed by atoms with van der Waals surface area (Å²) in [5.41, 5.74) is 5.72. The van der Waals surface area contributed by atoms with Gasteiger partial charge in [-0.25, -0.2) is 0 Å². The van der Waals surface area contributed by atoms with E-state index in [1.165, 1.54) is 0 Å². The number of nitrogens with two attached hydrogens (primary N) is 1. The first-order valence-electron chi connectivity index (χ1n) is 5.58. The Morgan fingerprint density at radius 1 is 1.60 bits per heavy atom. The predicted molar refractivity (Wildman–Crippen MR) is 61.5 cm³/mol. The zero-order valence-electron chi connectivity index (χ0n) is 10.2. The summed E-state index contributed by atoms with van der Waals surface area (Å²) in [6.45, 7) is 10.4. The molecule has 1 fully saturated rings. The van der Waals surface area contributed by atoms with Gasteiger partial charge >= 0.3 is 0 Å². The van der Waals surface area contributed by atoms with E-state index < -0.39 is 0 Å². The van der Waals surface area contributed by atoms with Crippen molar-refractivity contribution in [2.45, 2.75) is 39.3 Å². The number of nitrogens with zero attached hydrogens (tertiary/aromatic N) is 1. The maximum atomic E-state index is 11.5. The van der Waals surface area contributed by atoms with Crippen molar-refractivity contribution in [3.8, 4) is 0 Å². The molecule has 1 aliphatic rings. The maximum absolute atomic E-state index is 11.5. The van der Waals surface area contributed by atoms with Crippen LogP contribution in [0.3, 0.4) is 0 Å². The van der Waals surface area contributed by atoms with Crippen molar-refractivity contribution in [1.29, 1.82) is 0 Å². The summed E-state index contributed by atoms with van der Waals surface area (Å²) >= 11 is 0. The lowest BCUT2D eigenvalue weighted by Crippen LogP contribution is -2.59. The average Bonchev–Trinajstić information content (AvgIpc) is 1.99. The summed E-state index contributed by atoms with van der Waals surface area (Å²) in [5.74, 6) is 0.585. The van der Waals surface area contributed by atoms with E-state index in [0.717, 1.165) is 13.1 Å². The van der Waals surface area contributed by atoms with Crippen LogP contribution in [0.15, 0.2) is 0 Å². The van der Waals surface area contributed by atoms with Crippen molar-refractivity contribution in [1.82, 2.24) is 10.2 Å². The first-order valence-corrected chi connectivity index (χ1v) is 5.58. The molecule has 0 aromatic carbocycles. The van der Waals surface area contributed by atoms with Gasteiger partial charge in [0.2, 0.25) is 5.91 Å². The molecule has 88 valence electrons. The third-order valence-electron chi connectivity index (χ3n) is 2.60. The van der Waals surface area contributed by atoms with Crippen molar-refractivity contribution in [2.75, 3.05) is 19.6 Å². The monoisotopic (exact) mass is 213 g/mol. The highest BCUT2D eigenvalue weighted by Crippen LogP contribution is 2.11. The molecule has 1 amide bonds. The minimum Gasteiger partial charge on any atom is -0.351 e. The van der Waals surface area contributed by atoms with E-state index >= 15 is 0 Å². The Hall–Kier alpha value is -0.610. The van der Waals surface area contributed by atoms with Gasteiger partial charge in [0.25, 0.3) is 0 Å². The van der Waals surface area contributed by atoms with E-state index in [1.54, 1.807) is 0 Å². The van der Waals surface area contributed by atoms with Gasteiger partial charge in [-0.15, -0.1) is 0 Å². The second-order valence-corrected chi connectivity index (χ2v) is 5.58. The standard InChI is InChI=1S/C11H23N3O/c1-8(2)9-5-14(6-10(15)13-9)7-11(3,4)12/h8-9H,5-7,12H2,1-4H3,(H,13,15). The summed E-state index contributed by atoms with van der Waals surface area (Å²) in [6, 6.07) is 0.258. The topological polar surface area (TPSA) is 58.4 Å². The summed E-state index contributed by atoms with van der Waals surface area (Å²) in [5, 5.41) is 3.01. The molecular weight excluding hydrogens is 190 g/mol. The molecule has 1 aliphatic heterocycles. The van der Waals surface area contributed by atoms with Crippen molar-refractivity contribution in [3.05, 3.63) is 0 Å². The molecule has 0 aromatic heterocycles. The maximum Gasteiger partial charge on any atom is 0.234 e. The summed E-state index contributed by atoms with van der Waals surface area (Å²) in [4.78, 5) is 13.6. The number of carbonyl (C=O) groups is 1. The van der Waals surface area contributed by atoms with Gasteiger partial charge in [0.1, 0.15) is 0 Å². The second-order valence-electron chi connectivity index (χ2n) is 5.58. The normalized spacial score (nSPS) is 24.4. The Bertz CT molecular complexity index is 232. The summed E-state index contributed by atoms with van der Waals surface area (Å²) in [6.07, 6.45) is 0. The minimum atomic E-state index is -0.237. The number of amides is 1. The van der Waals surface area contributed by atoms with Crippen LogP contribution in [0.25, 0.3) is 0 Å². The zero-order chi connectivity index (χ0) is 11.6. The average molecular weight is 213 g/mol. The van der Waals surface area contributed by atoms with Crippen LogP contribution in [0.4, 0.5) is 0 Å². The van der Waals surface area contributed by atoms with Crippen LogP contribution >= 0.6 is 0 Å². The van der Waals surface area contributed by atoms with Crippen molar-refractivity contribution in [2.24, 2.45) is 11.7 Å². The molecule has 0 radical (unpaired) electrons. The van der Waals surface area contributed by atoms with Crippen LogP contribution < -0.4 is 11.1 Å². The molecule has 0 aliphatic carbocycles. The number of piperazine rings is 1. The van der Waals surface area contributed by atoms with E-state index in [4.69, 9.17) is 5.73 Å². The number of hydrogen-bond donors (Lipinski definition) is 2. The fourth-order valence-corrected chi connectivity index (χ4v) is 1.92. The summed E-state index contributed by atoms with van der Waals surface area (Å²) in [7, 11) is 0. The van der Waals surface area contributed by atoms with Gasteiger partial charge in [-0.1, -0.05) is 13.8 Å². The third kappa shape index (κ3) is 4.18. The minimum absolute atomic E-state index is 0.115. The van der Waals surface area contributed by atoms with E-state index in [1.807, 2.05) is 13.8 Å². The molecule has 1 heterocycles. The third-order valence-corrected chi connectivity index (χ3v) is 2.60. The lowest BCUT2D eigenvalue weighted by Gasteiger charge is -2.38. The second kappa shape index (κ2) is 4.49. The SMILES string of the molecule is CC(C)C1CN(CC(C)(C)N)CC(=O)N1. The van der Waals surface area contributed by atoms with Gasteiger partial charge in [0, 0.05) is 24.7 Å². The van der Waals surface area contributed by atoms with Gasteiger partial charge in [0.15, 0.2) is 0 Å². The molecule has 1 rings (SSSR count). The largest absolute Gasteiger partial charge is 0.351 e. The van der Waals surface area contributed by atoms with Gasteiger partial charge in [-0.3, -0.25) is 9.69 Å². The molecule has 1 unspecified atom stereocenters. The Morgan fingerprint density at radius 3 is 2.67 bits per heavy atom. The van der Waals surface area contributed by atoms with Crippen LogP contribution in [0.2, 0.25) is 0 Å². The number of rotatable bonds is 3. The Balaban J connectivity index is 2.56. The first-order chi connectivity index (χ1) is 6.78. The lowest BCUT2D eigenvalue weighted by molar-refractivity contribution is -0.126. The van der Waals surface area contributed by atoms with Crippen LogP contribution in [0.5, 0.6) is 0 Å². The molecule has 0 bridgehead atoms. The fraction of sp³-hybridized carbons (Fsp3) is 0.909. The molecule has 3 N–H and O–H groups in total. The molecule has 4 heteroatoms. The molecule has 0 spiro atoms.